The third-order valence-corrected chi connectivity index (χ3v) is 3.63. The van der Waals surface area contributed by atoms with Crippen molar-refractivity contribution in [2.24, 2.45) is 0 Å². The van der Waals surface area contributed by atoms with Crippen molar-refractivity contribution in [2.45, 2.75) is 32.3 Å². The molecule has 1 atom stereocenters. The summed E-state index contributed by atoms with van der Waals surface area (Å²) in [6.07, 6.45) is 1.99. The Balaban J connectivity index is 1.80. The van der Waals surface area contributed by atoms with Crippen molar-refractivity contribution in [3.05, 3.63) is 29.8 Å². The lowest BCUT2D eigenvalue weighted by Gasteiger charge is -2.30. The molecular formula is C16H24N2O3. The summed E-state index contributed by atoms with van der Waals surface area (Å²) in [5, 5.41) is 12.5. The smallest absolute Gasteiger partial charge is 0.317 e. The number of nitrogens with one attached hydrogen (secondary N) is 1. The maximum Gasteiger partial charge on any atom is 0.317 e. The first-order valence-electron chi connectivity index (χ1n) is 7.62. The number of aliphatic hydroxyl groups is 1. The molecule has 0 radical (unpaired) electrons. The zero-order chi connectivity index (χ0) is 15.1. The molecule has 2 N–H and O–H groups in total. The second-order valence-electron chi connectivity index (χ2n) is 5.26. The van der Waals surface area contributed by atoms with Gasteiger partial charge >= 0.3 is 6.03 Å². The van der Waals surface area contributed by atoms with E-state index in [0.717, 1.165) is 37.1 Å². The minimum absolute atomic E-state index is 0.0948. The van der Waals surface area contributed by atoms with Crippen molar-refractivity contribution in [3.63, 3.8) is 0 Å². The van der Waals surface area contributed by atoms with Crippen molar-refractivity contribution in [3.8, 4) is 5.75 Å². The topological polar surface area (TPSA) is 61.8 Å². The number of piperidine rings is 1. The first-order valence-corrected chi connectivity index (χ1v) is 7.62. The molecule has 1 aliphatic heterocycles. The number of para-hydroxylation sites is 1. The molecule has 116 valence electrons. The quantitative estimate of drug-likeness (QED) is 0.870. The molecule has 0 saturated carbocycles. The number of amides is 2. The summed E-state index contributed by atoms with van der Waals surface area (Å²) in [5.74, 6) is 0.877. The molecule has 1 aromatic rings. The van der Waals surface area contributed by atoms with Crippen molar-refractivity contribution in [1.82, 2.24) is 10.2 Å². The van der Waals surface area contributed by atoms with Gasteiger partial charge in [-0.25, -0.2) is 4.79 Å². The first kappa shape index (κ1) is 15.6. The van der Waals surface area contributed by atoms with Gasteiger partial charge in [0.25, 0.3) is 0 Å². The monoisotopic (exact) mass is 292 g/mol. The number of ether oxygens (including phenoxy) is 1. The Morgan fingerprint density at radius 1 is 1.48 bits per heavy atom. The normalized spacial score (nSPS) is 18.4. The average molecular weight is 292 g/mol. The zero-order valence-corrected chi connectivity index (χ0v) is 12.5. The molecule has 5 heteroatoms. The molecular weight excluding hydrogens is 268 g/mol. The summed E-state index contributed by atoms with van der Waals surface area (Å²) in [4.78, 5) is 13.7. The van der Waals surface area contributed by atoms with E-state index in [9.17, 15) is 9.90 Å². The van der Waals surface area contributed by atoms with Gasteiger partial charge in [-0.3, -0.25) is 0 Å². The molecule has 0 bridgehead atoms. The summed E-state index contributed by atoms with van der Waals surface area (Å²) in [5.41, 5.74) is 1.10. The number of hydrogen-bond donors (Lipinski definition) is 2. The Bertz CT molecular complexity index is 465. The first-order chi connectivity index (χ1) is 10.2. The van der Waals surface area contributed by atoms with Crippen LogP contribution in [0.2, 0.25) is 0 Å². The maximum atomic E-state index is 12.0. The van der Waals surface area contributed by atoms with Gasteiger partial charge in [-0.1, -0.05) is 18.2 Å². The van der Waals surface area contributed by atoms with Gasteiger partial charge in [-0.15, -0.1) is 0 Å². The van der Waals surface area contributed by atoms with E-state index in [1.807, 2.05) is 31.2 Å². The molecule has 5 nitrogen and oxygen atoms in total. The fourth-order valence-corrected chi connectivity index (χ4v) is 2.56. The molecule has 2 amide bonds. The molecule has 1 heterocycles. The Morgan fingerprint density at radius 2 is 2.29 bits per heavy atom. The molecule has 21 heavy (non-hydrogen) atoms. The number of aliphatic hydroxyl groups excluding tert-OH is 1. The largest absolute Gasteiger partial charge is 0.494 e. The number of benzene rings is 1. The van der Waals surface area contributed by atoms with Crippen LogP contribution in [0.1, 0.15) is 25.3 Å². The van der Waals surface area contributed by atoms with Gasteiger partial charge in [0.2, 0.25) is 0 Å². The Hall–Kier alpha value is -1.75. The number of likely N-dealkylation sites (tertiary alicyclic amines) is 1. The highest BCUT2D eigenvalue weighted by atomic mass is 16.5. The number of β-amino-alcohol motifs (C(OH)–C–C–N with tert-alkyl or cyclic N) is 1. The third kappa shape index (κ3) is 4.63. The van der Waals surface area contributed by atoms with E-state index in [-0.39, 0.29) is 12.1 Å². The third-order valence-electron chi connectivity index (χ3n) is 3.63. The summed E-state index contributed by atoms with van der Waals surface area (Å²) in [6, 6.07) is 7.79. The number of rotatable bonds is 5. The average Bonchev–Trinajstić information content (AvgIpc) is 2.49. The number of nitrogens with zero attached hydrogens (tertiary/aromatic N) is 1. The van der Waals surface area contributed by atoms with E-state index in [4.69, 9.17) is 4.74 Å². The van der Waals surface area contributed by atoms with E-state index in [2.05, 4.69) is 5.32 Å². The van der Waals surface area contributed by atoms with Crippen molar-refractivity contribution < 1.29 is 14.6 Å². The summed E-state index contributed by atoms with van der Waals surface area (Å²) < 4.78 is 5.57. The van der Waals surface area contributed by atoms with Crippen LogP contribution in [0.4, 0.5) is 4.79 Å². The van der Waals surface area contributed by atoms with Gasteiger partial charge in [0, 0.05) is 19.6 Å². The van der Waals surface area contributed by atoms with Crippen LogP contribution >= 0.6 is 0 Å². The minimum Gasteiger partial charge on any atom is -0.494 e. The van der Waals surface area contributed by atoms with Crippen LogP contribution in [0.3, 0.4) is 0 Å². The minimum atomic E-state index is -0.386. The molecule has 1 fully saturated rings. The van der Waals surface area contributed by atoms with Gasteiger partial charge < -0.3 is 20.1 Å². The predicted molar refractivity (Wildman–Crippen MR) is 81.5 cm³/mol. The second kappa shape index (κ2) is 7.88. The van der Waals surface area contributed by atoms with E-state index >= 15 is 0 Å². The Kier molecular flexibility index (Phi) is 5.87. The van der Waals surface area contributed by atoms with Crippen LogP contribution < -0.4 is 10.1 Å². The van der Waals surface area contributed by atoms with Crippen LogP contribution in [-0.2, 0) is 6.42 Å². The van der Waals surface area contributed by atoms with Gasteiger partial charge in [0.1, 0.15) is 5.75 Å². The summed E-state index contributed by atoms with van der Waals surface area (Å²) >= 11 is 0. The predicted octanol–water partition coefficient (Wildman–Crippen LogP) is 1.79. The van der Waals surface area contributed by atoms with E-state index in [0.29, 0.717) is 19.7 Å². The SMILES string of the molecule is CCOc1ccccc1CCNC(=O)N1CCCC(O)C1. The lowest BCUT2D eigenvalue weighted by atomic mass is 10.1. The van der Waals surface area contributed by atoms with Crippen LogP contribution in [0.5, 0.6) is 5.75 Å². The van der Waals surface area contributed by atoms with Gasteiger partial charge in [-0.05, 0) is 37.8 Å². The summed E-state index contributed by atoms with van der Waals surface area (Å²) in [7, 11) is 0. The zero-order valence-electron chi connectivity index (χ0n) is 12.5. The maximum absolute atomic E-state index is 12.0. The van der Waals surface area contributed by atoms with E-state index < -0.39 is 0 Å². The van der Waals surface area contributed by atoms with Gasteiger partial charge in [-0.2, -0.15) is 0 Å². The van der Waals surface area contributed by atoms with Crippen LogP contribution in [-0.4, -0.2) is 48.4 Å². The molecule has 1 aromatic carbocycles. The fraction of sp³-hybridized carbons (Fsp3) is 0.562. The molecule has 1 saturated heterocycles. The van der Waals surface area contributed by atoms with Crippen LogP contribution in [0.15, 0.2) is 24.3 Å². The Morgan fingerprint density at radius 3 is 3.05 bits per heavy atom. The molecule has 0 aliphatic carbocycles. The number of hydrogen-bond acceptors (Lipinski definition) is 3. The number of urea groups is 1. The standard InChI is InChI=1S/C16H24N2O3/c1-2-21-15-8-4-3-6-13(15)9-10-17-16(20)18-11-5-7-14(19)12-18/h3-4,6,8,14,19H,2,5,7,9-12H2,1H3,(H,17,20). The highest BCUT2D eigenvalue weighted by Gasteiger charge is 2.21. The van der Waals surface area contributed by atoms with E-state index in [1.165, 1.54) is 0 Å². The number of carbonyl (C=O) groups excluding carboxylic acids is 1. The van der Waals surface area contributed by atoms with Crippen molar-refractivity contribution >= 4 is 6.03 Å². The summed E-state index contributed by atoms with van der Waals surface area (Å²) in [6.45, 7) is 4.31. The van der Waals surface area contributed by atoms with Crippen molar-refractivity contribution in [1.29, 1.82) is 0 Å². The van der Waals surface area contributed by atoms with E-state index in [1.54, 1.807) is 4.90 Å². The fourth-order valence-electron chi connectivity index (χ4n) is 2.56. The lowest BCUT2D eigenvalue weighted by Crippen LogP contribution is -2.47. The highest BCUT2D eigenvalue weighted by molar-refractivity contribution is 5.74. The van der Waals surface area contributed by atoms with Crippen LogP contribution in [0, 0.1) is 0 Å². The van der Waals surface area contributed by atoms with Gasteiger partial charge in [0.15, 0.2) is 0 Å². The Labute approximate surface area is 125 Å². The lowest BCUT2D eigenvalue weighted by molar-refractivity contribution is 0.0843. The van der Waals surface area contributed by atoms with Crippen molar-refractivity contribution in [2.75, 3.05) is 26.2 Å². The molecule has 1 aliphatic rings. The molecule has 0 spiro atoms. The van der Waals surface area contributed by atoms with Crippen LogP contribution in [0.25, 0.3) is 0 Å². The number of carbonyl (C=O) groups is 1. The molecule has 0 aromatic heterocycles. The molecule has 1 unspecified atom stereocenters. The second-order valence-corrected chi connectivity index (χ2v) is 5.26. The highest BCUT2D eigenvalue weighted by Crippen LogP contribution is 2.18. The van der Waals surface area contributed by atoms with Gasteiger partial charge in [0.05, 0.1) is 12.7 Å². The molecule has 2 rings (SSSR count).